The summed E-state index contributed by atoms with van der Waals surface area (Å²) >= 11 is 0. The van der Waals surface area contributed by atoms with Crippen LogP contribution >= 0.6 is 0 Å². The SMILES string of the molecule is C[S+](Cc1cccc2ccccc12)c1ccc(OC(=O)OCc2ccccc2)cc1. The van der Waals surface area contributed by atoms with E-state index in [2.05, 4.69) is 48.7 Å². The molecule has 4 heteroatoms. The van der Waals surface area contributed by atoms with Gasteiger partial charge in [-0.1, -0.05) is 72.8 Å². The lowest BCUT2D eigenvalue weighted by Gasteiger charge is -2.08. The number of benzene rings is 4. The van der Waals surface area contributed by atoms with Crippen LogP contribution in [0.1, 0.15) is 11.1 Å². The highest BCUT2D eigenvalue weighted by atomic mass is 32.2. The molecule has 0 bridgehead atoms. The van der Waals surface area contributed by atoms with E-state index in [0.29, 0.717) is 5.75 Å². The van der Waals surface area contributed by atoms with Crippen molar-refractivity contribution in [2.24, 2.45) is 0 Å². The van der Waals surface area contributed by atoms with Gasteiger partial charge in [-0.3, -0.25) is 0 Å². The van der Waals surface area contributed by atoms with Crippen molar-refractivity contribution in [1.82, 2.24) is 0 Å². The van der Waals surface area contributed by atoms with Crippen molar-refractivity contribution in [3.05, 3.63) is 108 Å². The molecule has 4 aromatic rings. The monoisotopic (exact) mass is 415 g/mol. The third-order valence-electron chi connectivity index (χ3n) is 4.88. The predicted molar refractivity (Wildman–Crippen MR) is 123 cm³/mol. The highest BCUT2D eigenvalue weighted by Crippen LogP contribution is 2.25. The predicted octanol–water partition coefficient (Wildman–Crippen LogP) is 6.36. The van der Waals surface area contributed by atoms with E-state index in [0.717, 1.165) is 11.3 Å². The van der Waals surface area contributed by atoms with Crippen molar-refractivity contribution in [2.75, 3.05) is 6.26 Å². The van der Waals surface area contributed by atoms with Gasteiger partial charge in [-0.15, -0.1) is 0 Å². The lowest BCUT2D eigenvalue weighted by atomic mass is 10.1. The van der Waals surface area contributed by atoms with Crippen molar-refractivity contribution in [2.45, 2.75) is 17.3 Å². The van der Waals surface area contributed by atoms with Gasteiger partial charge in [0.25, 0.3) is 0 Å². The van der Waals surface area contributed by atoms with E-state index >= 15 is 0 Å². The van der Waals surface area contributed by atoms with Crippen LogP contribution in [0.3, 0.4) is 0 Å². The molecule has 0 aliphatic carbocycles. The van der Waals surface area contributed by atoms with Crippen LogP contribution in [-0.2, 0) is 28.0 Å². The molecule has 3 nitrogen and oxygen atoms in total. The Labute approximate surface area is 179 Å². The zero-order valence-electron chi connectivity index (χ0n) is 16.8. The molecule has 30 heavy (non-hydrogen) atoms. The van der Waals surface area contributed by atoms with Gasteiger partial charge in [0.2, 0.25) is 0 Å². The molecule has 1 unspecified atom stereocenters. The van der Waals surface area contributed by atoms with Gasteiger partial charge in [-0.05, 0) is 40.6 Å². The Balaban J connectivity index is 1.36. The molecule has 0 amide bonds. The van der Waals surface area contributed by atoms with E-state index in [1.54, 1.807) is 0 Å². The molecule has 0 saturated carbocycles. The van der Waals surface area contributed by atoms with Crippen LogP contribution < -0.4 is 4.74 Å². The summed E-state index contributed by atoms with van der Waals surface area (Å²) in [6.45, 7) is 0.196. The molecular weight excluding hydrogens is 392 g/mol. The van der Waals surface area contributed by atoms with Crippen LogP contribution in [0.25, 0.3) is 10.8 Å². The summed E-state index contributed by atoms with van der Waals surface area (Å²) < 4.78 is 10.5. The Morgan fingerprint density at radius 2 is 1.50 bits per heavy atom. The molecule has 0 N–H and O–H groups in total. The van der Waals surface area contributed by atoms with Crippen molar-refractivity contribution >= 4 is 27.8 Å². The van der Waals surface area contributed by atoms with Gasteiger partial charge in [-0.2, -0.15) is 0 Å². The van der Waals surface area contributed by atoms with E-state index in [9.17, 15) is 4.79 Å². The molecule has 0 aromatic heterocycles. The fourth-order valence-corrected chi connectivity index (χ4v) is 4.80. The van der Waals surface area contributed by atoms with Crippen LogP contribution in [0.4, 0.5) is 4.79 Å². The summed E-state index contributed by atoms with van der Waals surface area (Å²) in [7, 11) is 0.0386. The van der Waals surface area contributed by atoms with Crippen molar-refractivity contribution in [1.29, 1.82) is 0 Å². The van der Waals surface area contributed by atoms with E-state index in [-0.39, 0.29) is 17.5 Å². The second-order valence-electron chi connectivity index (χ2n) is 7.02. The van der Waals surface area contributed by atoms with E-state index < -0.39 is 6.16 Å². The Morgan fingerprint density at radius 1 is 0.800 bits per heavy atom. The van der Waals surface area contributed by atoms with Gasteiger partial charge in [-0.25, -0.2) is 4.79 Å². The topological polar surface area (TPSA) is 35.5 Å². The molecule has 0 heterocycles. The molecule has 150 valence electrons. The second-order valence-corrected chi connectivity index (χ2v) is 9.05. The van der Waals surface area contributed by atoms with Crippen molar-refractivity contribution in [3.63, 3.8) is 0 Å². The molecule has 0 spiro atoms. The lowest BCUT2D eigenvalue weighted by Crippen LogP contribution is -2.10. The zero-order valence-corrected chi connectivity index (χ0v) is 17.6. The molecule has 0 aliphatic rings. The van der Waals surface area contributed by atoms with Crippen LogP contribution in [-0.4, -0.2) is 12.4 Å². The number of ether oxygens (including phenoxy) is 2. The first-order valence-corrected chi connectivity index (χ1v) is 11.6. The standard InChI is InChI=1S/C26H23O3S/c1-30(19-22-12-7-11-21-10-5-6-13-25(21)22)24-16-14-23(15-17-24)29-26(27)28-18-20-8-3-2-4-9-20/h2-17H,18-19H2,1H3/q+1. The maximum Gasteiger partial charge on any atom is 0.514 e. The number of fused-ring (bicyclic) bond motifs is 1. The normalized spacial score (nSPS) is 11.8. The Hall–Kier alpha value is -3.24. The smallest absolute Gasteiger partial charge is 0.429 e. The number of carbonyl (C=O) groups is 1. The summed E-state index contributed by atoms with van der Waals surface area (Å²) in [6.07, 6.45) is 1.55. The summed E-state index contributed by atoms with van der Waals surface area (Å²) in [5.74, 6) is 1.46. The maximum absolute atomic E-state index is 11.9. The second kappa shape index (κ2) is 9.51. The molecule has 0 fully saturated rings. The molecule has 0 radical (unpaired) electrons. The van der Waals surface area contributed by atoms with Gasteiger partial charge in [0.1, 0.15) is 24.4 Å². The fourth-order valence-electron chi connectivity index (χ4n) is 3.32. The Bertz CT molecular complexity index is 1120. The molecule has 0 saturated heterocycles. The van der Waals surface area contributed by atoms with Crippen LogP contribution in [0.5, 0.6) is 5.75 Å². The maximum atomic E-state index is 11.9. The number of carbonyl (C=O) groups excluding carboxylic acids is 1. The largest absolute Gasteiger partial charge is 0.514 e. The third kappa shape index (κ3) is 5.02. The van der Waals surface area contributed by atoms with Crippen molar-refractivity contribution < 1.29 is 14.3 Å². The van der Waals surface area contributed by atoms with Crippen LogP contribution in [0, 0.1) is 0 Å². The van der Waals surface area contributed by atoms with E-state index in [1.807, 2.05) is 54.6 Å². The van der Waals surface area contributed by atoms with Crippen LogP contribution in [0.15, 0.2) is 102 Å². The third-order valence-corrected chi connectivity index (χ3v) is 6.70. The molecule has 0 aliphatic heterocycles. The lowest BCUT2D eigenvalue weighted by molar-refractivity contribution is 0.0927. The molecule has 4 aromatic carbocycles. The number of hydrogen-bond donors (Lipinski definition) is 0. The minimum Gasteiger partial charge on any atom is -0.429 e. The summed E-state index contributed by atoms with van der Waals surface area (Å²) in [6, 6.07) is 32.2. The molecular formula is C26H23O3S+. The summed E-state index contributed by atoms with van der Waals surface area (Å²) in [5, 5.41) is 2.57. The van der Waals surface area contributed by atoms with Gasteiger partial charge in [0.15, 0.2) is 4.90 Å². The zero-order chi connectivity index (χ0) is 20.8. The van der Waals surface area contributed by atoms with E-state index in [1.165, 1.54) is 21.2 Å². The Kier molecular flexibility index (Phi) is 6.35. The molecule has 4 rings (SSSR count). The highest BCUT2D eigenvalue weighted by Gasteiger charge is 2.18. The average Bonchev–Trinajstić information content (AvgIpc) is 2.79. The Morgan fingerprint density at radius 3 is 2.30 bits per heavy atom. The van der Waals surface area contributed by atoms with Crippen LogP contribution in [0.2, 0.25) is 0 Å². The average molecular weight is 416 g/mol. The summed E-state index contributed by atoms with van der Waals surface area (Å²) in [5.41, 5.74) is 2.28. The van der Waals surface area contributed by atoms with Gasteiger partial charge < -0.3 is 9.47 Å². The highest BCUT2D eigenvalue weighted by molar-refractivity contribution is 7.95. The number of hydrogen-bond acceptors (Lipinski definition) is 3. The minimum atomic E-state index is -0.696. The van der Waals surface area contributed by atoms with Crippen molar-refractivity contribution in [3.8, 4) is 5.75 Å². The fraction of sp³-hybridized carbons (Fsp3) is 0.115. The molecule has 1 atom stereocenters. The first-order valence-electron chi connectivity index (χ1n) is 9.77. The minimum absolute atomic E-state index is 0.0386. The van der Waals surface area contributed by atoms with Gasteiger partial charge in [0.05, 0.1) is 0 Å². The quantitative estimate of drug-likeness (QED) is 0.209. The first-order chi connectivity index (χ1) is 14.7. The summed E-state index contributed by atoms with van der Waals surface area (Å²) in [4.78, 5) is 13.2. The van der Waals surface area contributed by atoms with Gasteiger partial charge in [0, 0.05) is 16.5 Å². The number of rotatable bonds is 6. The van der Waals surface area contributed by atoms with Gasteiger partial charge >= 0.3 is 6.16 Å². The van der Waals surface area contributed by atoms with E-state index in [4.69, 9.17) is 9.47 Å². The first kappa shape index (κ1) is 20.0.